The van der Waals surface area contributed by atoms with Crippen molar-refractivity contribution in [2.75, 3.05) is 0 Å². The molecule has 1 aliphatic rings. The average Bonchev–Trinajstić information content (AvgIpc) is 2.74. The van der Waals surface area contributed by atoms with Crippen molar-refractivity contribution in [3.63, 3.8) is 0 Å². The number of nitrogens with zero attached hydrogens (tertiary/aromatic N) is 2. The summed E-state index contributed by atoms with van der Waals surface area (Å²) in [5.41, 5.74) is 10.5. The van der Waals surface area contributed by atoms with Crippen LogP contribution >= 0.6 is 0 Å². The smallest absolute Gasteiger partial charge is 0.0492 e. The van der Waals surface area contributed by atoms with Gasteiger partial charge in [-0.2, -0.15) is 5.10 Å². The number of fused-ring (bicyclic) bond motifs is 1. The van der Waals surface area contributed by atoms with E-state index in [2.05, 4.69) is 35.4 Å². The van der Waals surface area contributed by atoms with Crippen molar-refractivity contribution in [1.82, 2.24) is 9.78 Å². The van der Waals surface area contributed by atoms with E-state index in [1.165, 1.54) is 16.8 Å². The summed E-state index contributed by atoms with van der Waals surface area (Å²) in [5, 5.41) is 4.19. The second-order valence-corrected chi connectivity index (χ2v) is 5.16. The van der Waals surface area contributed by atoms with Crippen molar-refractivity contribution in [1.29, 1.82) is 0 Å². The number of hydrogen-bond acceptors (Lipinski definition) is 2. The van der Waals surface area contributed by atoms with Gasteiger partial charge in [0.05, 0.1) is 0 Å². The van der Waals surface area contributed by atoms with Crippen LogP contribution in [0, 0.1) is 0 Å². The van der Waals surface area contributed by atoms with Gasteiger partial charge in [0, 0.05) is 30.9 Å². The molecule has 0 radical (unpaired) electrons. The van der Waals surface area contributed by atoms with E-state index in [9.17, 15) is 0 Å². The summed E-state index contributed by atoms with van der Waals surface area (Å²) in [6.45, 7) is 0. The fourth-order valence-electron chi connectivity index (χ4n) is 2.84. The van der Waals surface area contributed by atoms with E-state index in [1.54, 1.807) is 0 Å². The number of nitrogens with two attached hydrogens (primary N) is 1. The van der Waals surface area contributed by atoms with Crippen LogP contribution in [0.1, 0.15) is 29.2 Å². The molecule has 18 heavy (non-hydrogen) atoms. The van der Waals surface area contributed by atoms with Crippen molar-refractivity contribution in [2.45, 2.75) is 31.2 Å². The number of benzene rings is 1. The maximum atomic E-state index is 6.33. The second kappa shape index (κ2) is 4.58. The monoisotopic (exact) mass is 241 g/mol. The minimum absolute atomic E-state index is 0.259. The lowest BCUT2D eigenvalue weighted by Crippen LogP contribution is -2.36. The molecule has 0 saturated carbocycles. The van der Waals surface area contributed by atoms with Gasteiger partial charge < -0.3 is 5.73 Å². The van der Waals surface area contributed by atoms with E-state index < -0.39 is 0 Å². The highest BCUT2D eigenvalue weighted by Crippen LogP contribution is 2.37. The standard InChI is InChI=1S/C15H19N3/c1-18-12(8-9-17-18)6-7-15(16)14-10-11-4-2-3-5-13(11)14/h2-5,8-9,14-15H,6-7,10,16H2,1H3. The molecule has 2 N–H and O–H groups in total. The van der Waals surface area contributed by atoms with Crippen LogP contribution in [0.15, 0.2) is 36.5 Å². The molecule has 2 atom stereocenters. The van der Waals surface area contributed by atoms with Gasteiger partial charge in [0.25, 0.3) is 0 Å². The first-order valence-corrected chi connectivity index (χ1v) is 6.56. The fraction of sp³-hybridized carbons (Fsp3) is 0.400. The normalized spacial score (nSPS) is 19.1. The number of aromatic nitrogens is 2. The summed E-state index contributed by atoms with van der Waals surface area (Å²) in [4.78, 5) is 0. The fourth-order valence-corrected chi connectivity index (χ4v) is 2.84. The zero-order valence-electron chi connectivity index (χ0n) is 10.7. The Kier molecular flexibility index (Phi) is 2.92. The number of rotatable bonds is 4. The molecule has 1 heterocycles. The van der Waals surface area contributed by atoms with Gasteiger partial charge in [-0.3, -0.25) is 4.68 Å². The molecule has 2 aromatic rings. The molecule has 0 amide bonds. The van der Waals surface area contributed by atoms with E-state index in [-0.39, 0.29) is 6.04 Å². The number of aryl methyl sites for hydroxylation is 2. The molecule has 3 rings (SSSR count). The zero-order chi connectivity index (χ0) is 12.5. The van der Waals surface area contributed by atoms with E-state index in [4.69, 9.17) is 5.73 Å². The van der Waals surface area contributed by atoms with E-state index >= 15 is 0 Å². The topological polar surface area (TPSA) is 43.8 Å². The minimum atomic E-state index is 0.259. The van der Waals surface area contributed by atoms with E-state index in [0.29, 0.717) is 5.92 Å². The Bertz CT molecular complexity index is 544. The van der Waals surface area contributed by atoms with E-state index in [1.807, 2.05) is 17.9 Å². The lowest BCUT2D eigenvalue weighted by atomic mass is 9.72. The van der Waals surface area contributed by atoms with Crippen LogP contribution < -0.4 is 5.73 Å². The third kappa shape index (κ3) is 1.95. The lowest BCUT2D eigenvalue weighted by molar-refractivity contribution is 0.453. The third-order valence-electron chi connectivity index (χ3n) is 4.07. The largest absolute Gasteiger partial charge is 0.327 e. The highest BCUT2D eigenvalue weighted by atomic mass is 15.2. The van der Waals surface area contributed by atoms with Crippen molar-refractivity contribution in [3.8, 4) is 0 Å². The van der Waals surface area contributed by atoms with Gasteiger partial charge >= 0.3 is 0 Å². The first kappa shape index (κ1) is 11.5. The third-order valence-corrected chi connectivity index (χ3v) is 4.07. The summed E-state index contributed by atoms with van der Waals surface area (Å²) < 4.78 is 1.93. The SMILES string of the molecule is Cn1nccc1CCC(N)C1Cc2ccccc21. The van der Waals surface area contributed by atoms with Crippen LogP contribution in [0.3, 0.4) is 0 Å². The predicted molar refractivity (Wildman–Crippen MR) is 72.4 cm³/mol. The zero-order valence-corrected chi connectivity index (χ0v) is 10.7. The highest BCUT2D eigenvalue weighted by molar-refractivity contribution is 5.41. The van der Waals surface area contributed by atoms with Crippen LogP contribution in [0.25, 0.3) is 0 Å². The molecule has 1 aromatic heterocycles. The Hall–Kier alpha value is -1.61. The lowest BCUT2D eigenvalue weighted by Gasteiger charge is -2.34. The molecule has 2 unspecified atom stereocenters. The minimum Gasteiger partial charge on any atom is -0.327 e. The van der Waals surface area contributed by atoms with Gasteiger partial charge in [0.2, 0.25) is 0 Å². The van der Waals surface area contributed by atoms with Crippen LogP contribution in [0.2, 0.25) is 0 Å². The first-order valence-electron chi connectivity index (χ1n) is 6.56. The van der Waals surface area contributed by atoms with Crippen LogP contribution in [0.5, 0.6) is 0 Å². The Morgan fingerprint density at radius 2 is 2.22 bits per heavy atom. The quantitative estimate of drug-likeness (QED) is 0.890. The summed E-state index contributed by atoms with van der Waals surface area (Å²) in [6, 6.07) is 11.0. The van der Waals surface area contributed by atoms with Gasteiger partial charge in [-0.15, -0.1) is 0 Å². The Balaban J connectivity index is 1.61. The molecule has 1 aromatic carbocycles. The molecular formula is C15H19N3. The summed E-state index contributed by atoms with van der Waals surface area (Å²) in [6.07, 6.45) is 5.02. The van der Waals surface area contributed by atoms with Gasteiger partial charge in [0.1, 0.15) is 0 Å². The van der Waals surface area contributed by atoms with Gasteiger partial charge in [-0.25, -0.2) is 0 Å². The first-order chi connectivity index (χ1) is 8.75. The van der Waals surface area contributed by atoms with Crippen molar-refractivity contribution >= 4 is 0 Å². The van der Waals surface area contributed by atoms with Gasteiger partial charge in [-0.1, -0.05) is 24.3 Å². The van der Waals surface area contributed by atoms with Crippen LogP contribution in [0.4, 0.5) is 0 Å². The van der Waals surface area contributed by atoms with Crippen molar-refractivity contribution in [3.05, 3.63) is 53.3 Å². The molecule has 0 fully saturated rings. The van der Waals surface area contributed by atoms with Gasteiger partial charge in [0.15, 0.2) is 0 Å². The summed E-state index contributed by atoms with van der Waals surface area (Å²) in [5.74, 6) is 0.550. The predicted octanol–water partition coefficient (Wildman–Crippen LogP) is 2.02. The van der Waals surface area contributed by atoms with Gasteiger partial charge in [-0.05, 0) is 36.5 Å². The molecule has 3 heteroatoms. The molecule has 0 spiro atoms. The second-order valence-electron chi connectivity index (χ2n) is 5.16. The Morgan fingerprint density at radius 1 is 1.39 bits per heavy atom. The maximum absolute atomic E-state index is 6.33. The van der Waals surface area contributed by atoms with E-state index in [0.717, 1.165) is 19.3 Å². The van der Waals surface area contributed by atoms with Crippen molar-refractivity contribution < 1.29 is 0 Å². The molecule has 1 aliphatic carbocycles. The molecule has 0 saturated heterocycles. The molecule has 3 nitrogen and oxygen atoms in total. The maximum Gasteiger partial charge on any atom is 0.0492 e. The molecule has 94 valence electrons. The molecule has 0 aliphatic heterocycles. The Morgan fingerprint density at radius 3 is 2.94 bits per heavy atom. The Labute approximate surface area is 108 Å². The summed E-state index contributed by atoms with van der Waals surface area (Å²) in [7, 11) is 1.99. The molecular weight excluding hydrogens is 222 g/mol. The summed E-state index contributed by atoms with van der Waals surface area (Å²) >= 11 is 0. The van der Waals surface area contributed by atoms with Crippen LogP contribution in [-0.4, -0.2) is 15.8 Å². The van der Waals surface area contributed by atoms with Crippen molar-refractivity contribution in [2.24, 2.45) is 12.8 Å². The number of hydrogen-bond donors (Lipinski definition) is 1. The van der Waals surface area contributed by atoms with Crippen LogP contribution in [-0.2, 0) is 19.9 Å². The highest BCUT2D eigenvalue weighted by Gasteiger charge is 2.30. The molecule has 0 bridgehead atoms. The average molecular weight is 241 g/mol.